The molecule has 1 fully saturated rings. The van der Waals surface area contributed by atoms with Gasteiger partial charge in [-0.15, -0.1) is 0 Å². The van der Waals surface area contributed by atoms with Crippen LogP contribution in [0.25, 0.3) is 0 Å². The van der Waals surface area contributed by atoms with Gasteiger partial charge in [0.2, 0.25) is 5.91 Å². The van der Waals surface area contributed by atoms with Gasteiger partial charge < -0.3 is 29.4 Å². The van der Waals surface area contributed by atoms with Crippen LogP contribution in [-0.2, 0) is 41.8 Å². The first-order valence-electron chi connectivity index (χ1n) is 23.4. The van der Waals surface area contributed by atoms with Crippen LogP contribution < -0.4 is 5.32 Å². The van der Waals surface area contributed by atoms with Crippen LogP contribution in [-0.4, -0.2) is 54.2 Å². The number of carbonyl (C=O) groups is 2. The van der Waals surface area contributed by atoms with Gasteiger partial charge in [-0.05, 0) is 23.0 Å². The van der Waals surface area contributed by atoms with Gasteiger partial charge in [0.15, 0.2) is 12.4 Å². The number of hydrogen-bond acceptors (Lipinski definition) is 7. The van der Waals surface area contributed by atoms with Crippen LogP contribution >= 0.6 is 0 Å². The lowest BCUT2D eigenvalue weighted by molar-refractivity contribution is -0.285. The van der Waals surface area contributed by atoms with Crippen LogP contribution in [0.5, 0.6) is 0 Å². The summed E-state index contributed by atoms with van der Waals surface area (Å²) < 4.78 is 25.6. The molecule has 8 heteroatoms. The van der Waals surface area contributed by atoms with Gasteiger partial charge in [0, 0.05) is 12.8 Å². The van der Waals surface area contributed by atoms with Crippen molar-refractivity contribution in [2.75, 3.05) is 6.61 Å². The van der Waals surface area contributed by atoms with Crippen molar-refractivity contribution in [3.8, 4) is 0 Å². The van der Waals surface area contributed by atoms with Crippen LogP contribution in [0.4, 0.5) is 0 Å². The molecule has 328 valence electrons. The average Bonchev–Trinajstić information content (AvgIpc) is 3.22. The highest BCUT2D eigenvalue weighted by Gasteiger charge is 2.50. The standard InChI is InChI=1S/C50H81NO7/c1-5-7-9-11-13-15-17-19-23-29-40(3)35-45(53)51-47-49(58-46(54)36-41(4)30-24-20-18-16-14-12-10-8-6-2)48(55-38-42-31-25-21-26-32-42)44(37-52)57-50(47)56-39-43-33-27-22-28-34-43/h21-22,25-28,31-34,40-41,44,47-50,52H,5-20,23-24,29-30,35-39H2,1-4H3,(H,51,53)/t40-,41-,44?,47?,48-,49-,50+/m1/s1. The van der Waals surface area contributed by atoms with E-state index in [0.29, 0.717) is 6.42 Å². The zero-order chi connectivity index (χ0) is 41.6. The number of hydrogen-bond donors (Lipinski definition) is 2. The third kappa shape index (κ3) is 21.0. The summed E-state index contributed by atoms with van der Waals surface area (Å²) in [4.78, 5) is 27.7. The van der Waals surface area contributed by atoms with E-state index >= 15 is 0 Å². The number of amides is 1. The van der Waals surface area contributed by atoms with Gasteiger partial charge >= 0.3 is 5.97 Å². The van der Waals surface area contributed by atoms with E-state index in [1.165, 1.54) is 103 Å². The Balaban J connectivity index is 1.69. The molecule has 0 aromatic heterocycles. The molecule has 0 spiro atoms. The molecule has 2 N–H and O–H groups in total. The topological polar surface area (TPSA) is 103 Å². The molecule has 58 heavy (non-hydrogen) atoms. The first-order chi connectivity index (χ1) is 28.3. The van der Waals surface area contributed by atoms with Gasteiger partial charge in [0.1, 0.15) is 18.2 Å². The van der Waals surface area contributed by atoms with Crippen LogP contribution in [0.15, 0.2) is 60.7 Å². The first-order valence-corrected chi connectivity index (χ1v) is 23.4. The summed E-state index contributed by atoms with van der Waals surface area (Å²) in [6.07, 6.45) is 21.6. The second kappa shape index (κ2) is 31.1. The molecule has 0 radical (unpaired) electrons. The summed E-state index contributed by atoms with van der Waals surface area (Å²) in [5.74, 6) is -0.153. The molecular formula is C50H81NO7. The molecule has 1 aliphatic heterocycles. The van der Waals surface area contributed by atoms with Crippen molar-refractivity contribution in [2.24, 2.45) is 11.8 Å². The summed E-state index contributed by atoms with van der Waals surface area (Å²) in [5, 5.41) is 13.8. The Labute approximate surface area is 352 Å². The maximum absolute atomic E-state index is 13.9. The SMILES string of the molecule is CCCCCCCCCCC[C@@H](C)CC(=O)NC1[C@@H](OCc2ccccc2)OC(CO)[C@@H](OCc2ccccc2)[C@@H]1OC(=O)C[C@H](C)CCCCCCCCCCC. The van der Waals surface area contributed by atoms with E-state index in [1.807, 2.05) is 60.7 Å². The molecule has 8 nitrogen and oxygen atoms in total. The largest absolute Gasteiger partial charge is 0.457 e. The number of unbranched alkanes of at least 4 members (excludes halogenated alkanes) is 16. The van der Waals surface area contributed by atoms with Gasteiger partial charge in [-0.25, -0.2) is 0 Å². The van der Waals surface area contributed by atoms with Crippen LogP contribution in [0.2, 0.25) is 0 Å². The Bertz CT molecular complexity index is 1310. The van der Waals surface area contributed by atoms with Crippen LogP contribution in [0.3, 0.4) is 0 Å². The zero-order valence-corrected chi connectivity index (χ0v) is 36.9. The van der Waals surface area contributed by atoms with Crippen molar-refractivity contribution in [3.05, 3.63) is 71.8 Å². The minimum atomic E-state index is -0.984. The van der Waals surface area contributed by atoms with E-state index in [2.05, 4.69) is 33.0 Å². The van der Waals surface area contributed by atoms with Crippen LogP contribution in [0, 0.1) is 11.8 Å². The number of ether oxygens (including phenoxy) is 4. The molecular weight excluding hydrogens is 727 g/mol. The minimum Gasteiger partial charge on any atom is -0.457 e. The van der Waals surface area contributed by atoms with E-state index in [0.717, 1.165) is 36.8 Å². The fourth-order valence-electron chi connectivity index (χ4n) is 8.06. The Morgan fingerprint density at radius 1 is 0.621 bits per heavy atom. The van der Waals surface area contributed by atoms with Crippen molar-refractivity contribution >= 4 is 11.9 Å². The lowest BCUT2D eigenvalue weighted by Gasteiger charge is -2.45. The maximum Gasteiger partial charge on any atom is 0.306 e. The predicted molar refractivity (Wildman–Crippen MR) is 235 cm³/mol. The highest BCUT2D eigenvalue weighted by Crippen LogP contribution is 2.30. The fraction of sp³-hybridized carbons (Fsp3) is 0.720. The number of esters is 1. The highest BCUT2D eigenvalue weighted by atomic mass is 16.7. The average molecular weight is 808 g/mol. The summed E-state index contributed by atoms with van der Waals surface area (Å²) in [5.41, 5.74) is 1.87. The van der Waals surface area contributed by atoms with E-state index in [9.17, 15) is 14.7 Å². The predicted octanol–water partition coefficient (Wildman–Crippen LogP) is 11.8. The fourth-order valence-corrected chi connectivity index (χ4v) is 8.06. The summed E-state index contributed by atoms with van der Waals surface area (Å²) in [7, 11) is 0. The molecule has 3 rings (SSSR count). The first kappa shape index (κ1) is 49.6. The molecule has 1 saturated heterocycles. The third-order valence-electron chi connectivity index (χ3n) is 11.6. The summed E-state index contributed by atoms with van der Waals surface area (Å²) >= 11 is 0. The van der Waals surface area contributed by atoms with Gasteiger partial charge in [-0.3, -0.25) is 9.59 Å². The Hall–Kier alpha value is -2.78. The van der Waals surface area contributed by atoms with Crippen molar-refractivity contribution < 1.29 is 33.6 Å². The maximum atomic E-state index is 13.9. The third-order valence-corrected chi connectivity index (χ3v) is 11.6. The van der Waals surface area contributed by atoms with E-state index in [1.54, 1.807) is 0 Å². The monoisotopic (exact) mass is 808 g/mol. The molecule has 0 bridgehead atoms. The summed E-state index contributed by atoms with van der Waals surface area (Å²) in [6.45, 7) is 8.81. The van der Waals surface area contributed by atoms with Crippen molar-refractivity contribution in [1.82, 2.24) is 5.32 Å². The van der Waals surface area contributed by atoms with E-state index < -0.39 is 30.6 Å². The molecule has 0 aliphatic carbocycles. The van der Waals surface area contributed by atoms with E-state index in [4.69, 9.17) is 18.9 Å². The smallest absolute Gasteiger partial charge is 0.306 e. The lowest BCUT2D eigenvalue weighted by atomic mass is 9.94. The molecule has 1 aliphatic rings. The number of rotatable bonds is 33. The highest BCUT2D eigenvalue weighted by molar-refractivity contribution is 5.77. The number of nitrogens with one attached hydrogen (secondary N) is 1. The summed E-state index contributed by atoms with van der Waals surface area (Å²) in [6, 6.07) is 18.7. The van der Waals surface area contributed by atoms with Crippen molar-refractivity contribution in [3.63, 3.8) is 0 Å². The lowest BCUT2D eigenvalue weighted by Crippen LogP contribution is -2.66. The second-order valence-corrected chi connectivity index (χ2v) is 17.2. The second-order valence-electron chi connectivity index (χ2n) is 17.2. The Morgan fingerprint density at radius 2 is 1.07 bits per heavy atom. The van der Waals surface area contributed by atoms with Gasteiger partial charge in [0.05, 0.1) is 19.8 Å². The van der Waals surface area contributed by atoms with Crippen molar-refractivity contribution in [2.45, 2.75) is 213 Å². The molecule has 2 aromatic rings. The Morgan fingerprint density at radius 3 is 1.55 bits per heavy atom. The van der Waals surface area contributed by atoms with Crippen LogP contribution in [0.1, 0.15) is 180 Å². The van der Waals surface area contributed by atoms with E-state index in [-0.39, 0.29) is 50.0 Å². The number of benzene rings is 2. The number of aliphatic hydroxyl groups is 1. The molecule has 0 saturated carbocycles. The molecule has 1 amide bonds. The van der Waals surface area contributed by atoms with Gasteiger partial charge in [-0.1, -0.05) is 217 Å². The molecule has 7 atom stereocenters. The zero-order valence-electron chi connectivity index (χ0n) is 36.9. The van der Waals surface area contributed by atoms with Crippen molar-refractivity contribution in [1.29, 1.82) is 0 Å². The quantitative estimate of drug-likeness (QED) is 0.0547. The normalized spacial score (nSPS) is 20.4. The number of aliphatic hydroxyl groups excluding tert-OH is 1. The molecule has 1 heterocycles. The molecule has 2 aromatic carbocycles. The Kier molecular flexibility index (Phi) is 26.6. The minimum absolute atomic E-state index is 0.144. The number of carbonyl (C=O) groups excluding carboxylic acids is 2. The van der Waals surface area contributed by atoms with Gasteiger partial charge in [-0.2, -0.15) is 0 Å². The van der Waals surface area contributed by atoms with Gasteiger partial charge in [0.25, 0.3) is 0 Å². The molecule has 2 unspecified atom stereocenters.